The van der Waals surface area contributed by atoms with Crippen LogP contribution in [0.15, 0.2) is 35.9 Å². The lowest BCUT2D eigenvalue weighted by Gasteiger charge is -2.29. The first-order valence-electron chi connectivity index (χ1n) is 13.6. The van der Waals surface area contributed by atoms with Gasteiger partial charge in [0.1, 0.15) is 11.5 Å². The third-order valence-corrected chi connectivity index (χ3v) is 7.92. The van der Waals surface area contributed by atoms with Gasteiger partial charge in [-0.3, -0.25) is 4.79 Å². The van der Waals surface area contributed by atoms with E-state index in [-0.39, 0.29) is 0 Å². The van der Waals surface area contributed by atoms with Gasteiger partial charge in [-0.2, -0.15) is 0 Å². The average molecular weight is 439 g/mol. The topological polar surface area (TPSA) is 26.3 Å². The Morgan fingerprint density at radius 3 is 2.31 bits per heavy atom. The number of carbonyl (C=O) groups is 1. The predicted octanol–water partition coefficient (Wildman–Crippen LogP) is 8.48. The Balaban J connectivity index is 1.30. The maximum Gasteiger partial charge on any atom is 0.135 e. The summed E-state index contributed by atoms with van der Waals surface area (Å²) in [5.41, 5.74) is 3.09. The number of carbonyl (C=O) groups excluding carboxylic acids is 1. The molecule has 178 valence electrons. The van der Waals surface area contributed by atoms with E-state index in [0.717, 1.165) is 56.3 Å². The molecule has 2 nitrogen and oxygen atoms in total. The summed E-state index contributed by atoms with van der Waals surface area (Å²) in [4.78, 5) is 11.9. The number of benzene rings is 1. The van der Waals surface area contributed by atoms with Crippen LogP contribution in [0.4, 0.5) is 0 Å². The van der Waals surface area contributed by atoms with Gasteiger partial charge in [0, 0.05) is 12.3 Å². The van der Waals surface area contributed by atoms with Gasteiger partial charge in [0.25, 0.3) is 0 Å². The van der Waals surface area contributed by atoms with Gasteiger partial charge < -0.3 is 4.74 Å². The van der Waals surface area contributed by atoms with E-state index in [0.29, 0.717) is 11.7 Å². The predicted molar refractivity (Wildman–Crippen MR) is 135 cm³/mol. The fourth-order valence-corrected chi connectivity index (χ4v) is 5.56. The largest absolute Gasteiger partial charge is 0.494 e. The summed E-state index contributed by atoms with van der Waals surface area (Å²) in [7, 11) is 0. The number of Topliss-reactive ketones (excluding diaryl/α,β-unsaturated/α-hetero) is 1. The molecule has 2 aliphatic carbocycles. The van der Waals surface area contributed by atoms with Crippen LogP contribution in [0.1, 0.15) is 109 Å². The molecule has 0 aliphatic heterocycles. The Morgan fingerprint density at radius 1 is 0.906 bits per heavy atom. The molecule has 1 fully saturated rings. The lowest BCUT2D eigenvalue weighted by atomic mass is 9.76. The molecule has 32 heavy (non-hydrogen) atoms. The Hall–Kier alpha value is -1.57. The van der Waals surface area contributed by atoms with Crippen molar-refractivity contribution in [2.24, 2.45) is 17.8 Å². The van der Waals surface area contributed by atoms with E-state index in [1.165, 1.54) is 69.8 Å². The van der Waals surface area contributed by atoms with Crippen LogP contribution in [0, 0.1) is 17.8 Å². The molecule has 1 unspecified atom stereocenters. The van der Waals surface area contributed by atoms with E-state index >= 15 is 0 Å². The van der Waals surface area contributed by atoms with Gasteiger partial charge >= 0.3 is 0 Å². The molecule has 0 radical (unpaired) electrons. The minimum Gasteiger partial charge on any atom is -0.494 e. The van der Waals surface area contributed by atoms with E-state index in [9.17, 15) is 4.79 Å². The Morgan fingerprint density at radius 2 is 1.66 bits per heavy atom. The monoisotopic (exact) mass is 438 g/mol. The smallest absolute Gasteiger partial charge is 0.135 e. The molecule has 0 heterocycles. The fourth-order valence-electron chi connectivity index (χ4n) is 5.56. The molecular formula is C30H46O2. The van der Waals surface area contributed by atoms with Gasteiger partial charge in [-0.05, 0) is 100 Å². The van der Waals surface area contributed by atoms with Crippen molar-refractivity contribution in [2.75, 3.05) is 6.61 Å². The summed E-state index contributed by atoms with van der Waals surface area (Å²) in [5, 5.41) is 0. The molecule has 2 aliphatic rings. The first-order valence-corrected chi connectivity index (χ1v) is 13.6. The second-order valence-electron chi connectivity index (χ2n) is 10.3. The summed E-state index contributed by atoms with van der Waals surface area (Å²) in [6.07, 6.45) is 20.9. The second-order valence-corrected chi connectivity index (χ2v) is 10.3. The molecule has 1 atom stereocenters. The number of allylic oxidation sites excluding steroid dienone is 2. The minimum absolute atomic E-state index is 0.381. The van der Waals surface area contributed by atoms with Crippen molar-refractivity contribution in [3.05, 3.63) is 41.5 Å². The van der Waals surface area contributed by atoms with Crippen LogP contribution in [0.25, 0.3) is 0 Å². The SMILES string of the molecule is CCCCCOc1ccc(CCC2=CCC(CCC3CCC(C(=O)CC)CC3)CC2)cc1. The number of ether oxygens (including phenoxy) is 1. The molecule has 0 aromatic heterocycles. The molecule has 2 heteroatoms. The van der Waals surface area contributed by atoms with Crippen molar-refractivity contribution in [3.8, 4) is 5.75 Å². The van der Waals surface area contributed by atoms with E-state index in [4.69, 9.17) is 4.74 Å². The Labute approximate surface area is 197 Å². The highest BCUT2D eigenvalue weighted by molar-refractivity contribution is 5.80. The zero-order chi connectivity index (χ0) is 22.6. The van der Waals surface area contributed by atoms with Gasteiger partial charge in [-0.15, -0.1) is 0 Å². The number of rotatable bonds is 13. The average Bonchev–Trinajstić information content (AvgIpc) is 2.85. The summed E-state index contributed by atoms with van der Waals surface area (Å²) in [5.74, 6) is 3.65. The maximum absolute atomic E-state index is 11.9. The first kappa shape index (κ1) is 25.1. The fraction of sp³-hybridized carbons (Fsp3) is 0.700. The summed E-state index contributed by atoms with van der Waals surface area (Å²) >= 11 is 0. The zero-order valence-electron chi connectivity index (χ0n) is 20.7. The van der Waals surface area contributed by atoms with Gasteiger partial charge in [0.2, 0.25) is 0 Å². The third kappa shape index (κ3) is 8.41. The normalized spacial score (nSPS) is 23.6. The van der Waals surface area contributed by atoms with Crippen LogP contribution < -0.4 is 4.74 Å². The van der Waals surface area contributed by atoms with E-state index in [1.807, 2.05) is 6.92 Å². The van der Waals surface area contributed by atoms with Crippen molar-refractivity contribution in [1.82, 2.24) is 0 Å². The van der Waals surface area contributed by atoms with Crippen molar-refractivity contribution < 1.29 is 9.53 Å². The van der Waals surface area contributed by atoms with Gasteiger partial charge in [-0.1, -0.05) is 56.9 Å². The molecule has 0 spiro atoms. The molecule has 1 aromatic rings. The number of hydrogen-bond acceptors (Lipinski definition) is 2. The molecule has 0 amide bonds. The summed E-state index contributed by atoms with van der Waals surface area (Å²) < 4.78 is 5.83. The van der Waals surface area contributed by atoms with Crippen LogP contribution in [-0.2, 0) is 11.2 Å². The maximum atomic E-state index is 11.9. The minimum atomic E-state index is 0.381. The standard InChI is InChI=1S/C30H46O2/c1-3-5-6-23-32-29-21-17-27(18-22-29)14-12-25-9-7-24(8-10-25)11-13-26-15-19-28(20-16-26)30(31)4-2/h9,17-18,21-22,24,26,28H,3-8,10-16,19-20,23H2,1-2H3. The van der Waals surface area contributed by atoms with Crippen LogP contribution in [0.5, 0.6) is 5.75 Å². The summed E-state index contributed by atoms with van der Waals surface area (Å²) in [6, 6.07) is 8.75. The van der Waals surface area contributed by atoms with Crippen LogP contribution in [0.2, 0.25) is 0 Å². The number of aryl methyl sites for hydroxylation is 1. The highest BCUT2D eigenvalue weighted by atomic mass is 16.5. The number of hydrogen-bond donors (Lipinski definition) is 0. The lowest BCUT2D eigenvalue weighted by molar-refractivity contribution is -0.123. The number of ketones is 1. The summed E-state index contributed by atoms with van der Waals surface area (Å²) in [6.45, 7) is 5.07. The molecule has 0 N–H and O–H groups in total. The highest BCUT2D eigenvalue weighted by Crippen LogP contribution is 2.36. The highest BCUT2D eigenvalue weighted by Gasteiger charge is 2.25. The van der Waals surface area contributed by atoms with Crippen LogP contribution in [-0.4, -0.2) is 12.4 Å². The molecular weight excluding hydrogens is 392 g/mol. The quantitative estimate of drug-likeness (QED) is 0.228. The molecule has 0 saturated heterocycles. The van der Waals surface area contributed by atoms with E-state index in [2.05, 4.69) is 37.3 Å². The van der Waals surface area contributed by atoms with Crippen molar-refractivity contribution in [2.45, 2.75) is 110 Å². The van der Waals surface area contributed by atoms with E-state index < -0.39 is 0 Å². The first-order chi connectivity index (χ1) is 15.7. The Kier molecular flexibility index (Phi) is 10.9. The zero-order valence-corrected chi connectivity index (χ0v) is 20.7. The molecule has 0 bridgehead atoms. The van der Waals surface area contributed by atoms with Crippen molar-refractivity contribution in [3.63, 3.8) is 0 Å². The molecule has 1 aromatic carbocycles. The van der Waals surface area contributed by atoms with E-state index in [1.54, 1.807) is 5.57 Å². The lowest BCUT2D eigenvalue weighted by Crippen LogP contribution is -2.21. The number of unbranched alkanes of at least 4 members (excludes halogenated alkanes) is 2. The van der Waals surface area contributed by atoms with Crippen molar-refractivity contribution in [1.29, 1.82) is 0 Å². The Bertz CT molecular complexity index is 694. The van der Waals surface area contributed by atoms with Crippen LogP contribution in [0.3, 0.4) is 0 Å². The van der Waals surface area contributed by atoms with Gasteiger partial charge in [0.05, 0.1) is 6.61 Å². The van der Waals surface area contributed by atoms with Crippen LogP contribution >= 0.6 is 0 Å². The van der Waals surface area contributed by atoms with Crippen molar-refractivity contribution >= 4 is 5.78 Å². The molecule has 3 rings (SSSR count). The third-order valence-electron chi connectivity index (χ3n) is 7.92. The van der Waals surface area contributed by atoms with Gasteiger partial charge in [0.15, 0.2) is 0 Å². The van der Waals surface area contributed by atoms with Gasteiger partial charge in [-0.25, -0.2) is 0 Å². The second kappa shape index (κ2) is 13.9. The molecule has 1 saturated carbocycles.